The monoisotopic (exact) mass is 233 g/mol. The normalized spacial score (nSPS) is 11.5. The minimum absolute atomic E-state index is 0.473. The molecule has 0 fully saturated rings. The lowest BCUT2D eigenvalue weighted by atomic mass is 10.2. The van der Waals surface area contributed by atoms with Crippen molar-refractivity contribution in [2.24, 2.45) is 0 Å². The number of nitrogens with one attached hydrogen (secondary N) is 1. The van der Waals surface area contributed by atoms with E-state index in [9.17, 15) is 4.79 Å². The molecule has 2 aromatic rings. The Balaban J connectivity index is 2.18. The SMILES string of the molecule is CC(C)(C)OC(=O)Nc1cccc2nccn12. The number of fused-ring (bicyclic) bond motifs is 1. The van der Waals surface area contributed by atoms with E-state index in [0.29, 0.717) is 5.82 Å². The van der Waals surface area contributed by atoms with Crippen LogP contribution in [0.2, 0.25) is 0 Å². The van der Waals surface area contributed by atoms with E-state index in [4.69, 9.17) is 4.74 Å². The summed E-state index contributed by atoms with van der Waals surface area (Å²) >= 11 is 0. The maximum Gasteiger partial charge on any atom is 0.413 e. The number of nitrogens with zero attached hydrogens (tertiary/aromatic N) is 2. The van der Waals surface area contributed by atoms with Crippen LogP contribution in [0.25, 0.3) is 5.65 Å². The second kappa shape index (κ2) is 4.08. The predicted octanol–water partition coefficient (Wildman–Crippen LogP) is 2.68. The summed E-state index contributed by atoms with van der Waals surface area (Å²) in [6, 6.07) is 5.48. The first-order valence-corrected chi connectivity index (χ1v) is 5.38. The van der Waals surface area contributed by atoms with Crippen LogP contribution in [0.5, 0.6) is 0 Å². The summed E-state index contributed by atoms with van der Waals surface area (Å²) in [5.41, 5.74) is 0.269. The Morgan fingerprint density at radius 2 is 2.18 bits per heavy atom. The molecule has 5 heteroatoms. The van der Waals surface area contributed by atoms with Gasteiger partial charge in [-0.15, -0.1) is 0 Å². The first kappa shape index (κ1) is 11.4. The molecule has 17 heavy (non-hydrogen) atoms. The van der Waals surface area contributed by atoms with Gasteiger partial charge >= 0.3 is 6.09 Å². The zero-order valence-corrected chi connectivity index (χ0v) is 10.1. The number of aromatic nitrogens is 2. The fourth-order valence-electron chi connectivity index (χ4n) is 1.46. The van der Waals surface area contributed by atoms with Crippen LogP contribution >= 0.6 is 0 Å². The van der Waals surface area contributed by atoms with Crippen LogP contribution in [0.15, 0.2) is 30.6 Å². The van der Waals surface area contributed by atoms with Crippen molar-refractivity contribution in [3.8, 4) is 0 Å². The van der Waals surface area contributed by atoms with E-state index < -0.39 is 11.7 Å². The number of anilines is 1. The Bertz CT molecular complexity index is 540. The van der Waals surface area contributed by atoms with Crippen LogP contribution in [-0.4, -0.2) is 21.1 Å². The van der Waals surface area contributed by atoms with Crippen LogP contribution in [-0.2, 0) is 4.74 Å². The molecule has 2 aromatic heterocycles. The number of ether oxygens (including phenoxy) is 1. The van der Waals surface area contributed by atoms with E-state index in [0.717, 1.165) is 5.65 Å². The van der Waals surface area contributed by atoms with Gasteiger partial charge in [-0.25, -0.2) is 9.78 Å². The molecule has 0 spiro atoms. The molecule has 0 atom stereocenters. The lowest BCUT2D eigenvalue weighted by molar-refractivity contribution is 0.0635. The summed E-state index contributed by atoms with van der Waals surface area (Å²) in [4.78, 5) is 15.8. The highest BCUT2D eigenvalue weighted by atomic mass is 16.6. The molecule has 0 aliphatic rings. The van der Waals surface area contributed by atoms with Crippen molar-refractivity contribution in [1.29, 1.82) is 0 Å². The van der Waals surface area contributed by atoms with Gasteiger partial charge in [0.05, 0.1) is 0 Å². The molecule has 1 amide bonds. The molecular formula is C12H15N3O2. The molecule has 0 unspecified atom stereocenters. The minimum atomic E-state index is -0.507. The van der Waals surface area contributed by atoms with Crippen LogP contribution in [0, 0.1) is 0 Å². The first-order chi connectivity index (χ1) is 7.96. The molecule has 0 saturated carbocycles. The van der Waals surface area contributed by atoms with Crippen molar-refractivity contribution in [3.05, 3.63) is 30.6 Å². The number of pyridine rings is 1. The van der Waals surface area contributed by atoms with Gasteiger partial charge in [-0.2, -0.15) is 0 Å². The van der Waals surface area contributed by atoms with Crippen molar-refractivity contribution in [1.82, 2.24) is 9.38 Å². The molecule has 0 aliphatic heterocycles. The van der Waals surface area contributed by atoms with Gasteiger partial charge in [0.15, 0.2) is 0 Å². The fraction of sp³-hybridized carbons (Fsp3) is 0.333. The van der Waals surface area contributed by atoms with Crippen LogP contribution < -0.4 is 5.32 Å². The molecule has 0 aliphatic carbocycles. The molecule has 5 nitrogen and oxygen atoms in total. The summed E-state index contributed by atoms with van der Waals surface area (Å²) in [7, 11) is 0. The van der Waals surface area contributed by atoms with E-state index in [-0.39, 0.29) is 0 Å². The summed E-state index contributed by atoms with van der Waals surface area (Å²) < 4.78 is 6.96. The minimum Gasteiger partial charge on any atom is -0.444 e. The molecule has 2 heterocycles. The smallest absolute Gasteiger partial charge is 0.413 e. The predicted molar refractivity (Wildman–Crippen MR) is 65.0 cm³/mol. The van der Waals surface area contributed by atoms with Crippen LogP contribution in [0.4, 0.5) is 10.6 Å². The van der Waals surface area contributed by atoms with E-state index in [2.05, 4.69) is 10.3 Å². The molecule has 2 rings (SSSR count). The average molecular weight is 233 g/mol. The van der Waals surface area contributed by atoms with Gasteiger partial charge in [0.2, 0.25) is 0 Å². The van der Waals surface area contributed by atoms with Crippen molar-refractivity contribution >= 4 is 17.6 Å². The molecule has 0 bridgehead atoms. The van der Waals surface area contributed by atoms with E-state index in [1.54, 1.807) is 22.9 Å². The van der Waals surface area contributed by atoms with Gasteiger partial charge in [-0.3, -0.25) is 9.72 Å². The number of rotatable bonds is 1. The number of carbonyl (C=O) groups is 1. The second-order valence-electron chi connectivity index (χ2n) is 4.69. The summed E-state index contributed by atoms with van der Waals surface area (Å²) in [6.07, 6.45) is 2.98. The van der Waals surface area contributed by atoms with Crippen molar-refractivity contribution in [2.75, 3.05) is 5.32 Å². The Kier molecular flexibility index (Phi) is 2.75. The highest BCUT2D eigenvalue weighted by Gasteiger charge is 2.16. The van der Waals surface area contributed by atoms with Gasteiger partial charge in [0.25, 0.3) is 0 Å². The standard InChI is InChI=1S/C12H15N3O2/c1-12(2,3)17-11(16)14-10-6-4-5-9-13-7-8-15(9)10/h4-8H,1-3H3,(H,14,16). The second-order valence-corrected chi connectivity index (χ2v) is 4.69. The lowest BCUT2D eigenvalue weighted by Gasteiger charge is -2.19. The quantitative estimate of drug-likeness (QED) is 0.823. The van der Waals surface area contributed by atoms with Crippen molar-refractivity contribution < 1.29 is 9.53 Å². The third kappa shape index (κ3) is 2.75. The number of carbonyl (C=O) groups excluding carboxylic acids is 1. The molecule has 0 radical (unpaired) electrons. The van der Waals surface area contributed by atoms with Gasteiger partial charge < -0.3 is 4.74 Å². The van der Waals surface area contributed by atoms with E-state index >= 15 is 0 Å². The third-order valence-corrected chi connectivity index (χ3v) is 2.06. The summed E-state index contributed by atoms with van der Waals surface area (Å²) in [6.45, 7) is 5.47. The Morgan fingerprint density at radius 3 is 2.88 bits per heavy atom. The van der Waals surface area contributed by atoms with Crippen LogP contribution in [0.1, 0.15) is 20.8 Å². The van der Waals surface area contributed by atoms with Gasteiger partial charge in [0, 0.05) is 12.4 Å². The van der Waals surface area contributed by atoms with Gasteiger partial charge in [-0.1, -0.05) is 6.07 Å². The average Bonchev–Trinajstić information content (AvgIpc) is 2.63. The van der Waals surface area contributed by atoms with E-state index in [1.165, 1.54) is 0 Å². The maximum absolute atomic E-state index is 11.6. The largest absolute Gasteiger partial charge is 0.444 e. The van der Waals surface area contributed by atoms with E-state index in [1.807, 2.05) is 32.9 Å². The first-order valence-electron chi connectivity index (χ1n) is 5.38. The Labute approximate surface area is 99.4 Å². The molecular weight excluding hydrogens is 218 g/mol. The number of hydrogen-bond acceptors (Lipinski definition) is 3. The zero-order valence-electron chi connectivity index (χ0n) is 10.1. The molecule has 1 N–H and O–H groups in total. The molecule has 0 saturated heterocycles. The maximum atomic E-state index is 11.6. The van der Waals surface area contributed by atoms with Gasteiger partial charge in [-0.05, 0) is 32.9 Å². The van der Waals surface area contributed by atoms with Crippen molar-refractivity contribution in [2.45, 2.75) is 26.4 Å². The summed E-state index contributed by atoms with van der Waals surface area (Å²) in [5, 5.41) is 2.69. The topological polar surface area (TPSA) is 55.6 Å². The highest BCUT2D eigenvalue weighted by molar-refractivity contribution is 5.84. The van der Waals surface area contributed by atoms with Crippen LogP contribution in [0.3, 0.4) is 0 Å². The zero-order chi connectivity index (χ0) is 12.5. The van der Waals surface area contributed by atoms with Gasteiger partial charge in [0.1, 0.15) is 17.1 Å². The highest BCUT2D eigenvalue weighted by Crippen LogP contribution is 2.13. The summed E-state index contributed by atoms with van der Waals surface area (Å²) in [5.74, 6) is 0.634. The lowest BCUT2D eigenvalue weighted by Crippen LogP contribution is -2.27. The number of imidazole rings is 1. The Morgan fingerprint density at radius 1 is 1.41 bits per heavy atom. The Hall–Kier alpha value is -2.04. The third-order valence-electron chi connectivity index (χ3n) is 2.06. The number of hydrogen-bond donors (Lipinski definition) is 1. The molecule has 90 valence electrons. The fourth-order valence-corrected chi connectivity index (χ4v) is 1.46. The number of amides is 1. The molecule has 0 aromatic carbocycles. The van der Waals surface area contributed by atoms with Crippen molar-refractivity contribution in [3.63, 3.8) is 0 Å².